The predicted octanol–water partition coefficient (Wildman–Crippen LogP) is 5.62. The molecule has 2 aliphatic rings. The fourth-order valence-corrected chi connectivity index (χ4v) is 4.53. The molecule has 2 heterocycles. The molecule has 0 bridgehead atoms. The van der Waals surface area contributed by atoms with Crippen molar-refractivity contribution in [2.24, 2.45) is 0 Å². The van der Waals surface area contributed by atoms with E-state index in [-0.39, 0.29) is 23.7 Å². The summed E-state index contributed by atoms with van der Waals surface area (Å²) in [6, 6.07) is 6.00. The van der Waals surface area contributed by atoms with E-state index in [0.717, 1.165) is 17.7 Å². The van der Waals surface area contributed by atoms with Crippen LogP contribution in [0.2, 0.25) is 5.02 Å². The van der Waals surface area contributed by atoms with Crippen molar-refractivity contribution in [1.82, 2.24) is 4.90 Å². The predicted molar refractivity (Wildman–Crippen MR) is 110 cm³/mol. The molecular weight excluding hydrogens is 431 g/mol. The van der Waals surface area contributed by atoms with Crippen molar-refractivity contribution in [1.29, 1.82) is 0 Å². The number of rotatable bonds is 1. The maximum atomic E-state index is 12.9. The molecule has 1 fully saturated rings. The SMILES string of the molecule is Cc1cc2c(c(C)c1Cl)C(=O)CC1(CCN(C(=O)c3ccc(C(F)(F)F)cc3)CC1)O2. The van der Waals surface area contributed by atoms with Gasteiger partial charge in [-0.15, -0.1) is 0 Å². The van der Waals surface area contributed by atoms with E-state index in [0.29, 0.717) is 47.8 Å². The summed E-state index contributed by atoms with van der Waals surface area (Å²) in [7, 11) is 0. The average molecular weight is 452 g/mol. The third-order valence-electron chi connectivity index (χ3n) is 6.15. The maximum absolute atomic E-state index is 12.9. The Morgan fingerprint density at radius 2 is 1.74 bits per heavy atom. The van der Waals surface area contributed by atoms with Crippen molar-refractivity contribution < 1.29 is 27.5 Å². The van der Waals surface area contributed by atoms with E-state index in [4.69, 9.17) is 16.3 Å². The Labute approximate surface area is 182 Å². The molecule has 4 nitrogen and oxygen atoms in total. The molecule has 0 N–H and O–H groups in total. The van der Waals surface area contributed by atoms with E-state index in [9.17, 15) is 22.8 Å². The van der Waals surface area contributed by atoms with Gasteiger partial charge in [0.2, 0.25) is 0 Å². The summed E-state index contributed by atoms with van der Waals surface area (Å²) in [5.41, 5.74) is 0.790. The number of carbonyl (C=O) groups excluding carboxylic acids is 2. The molecule has 2 aromatic rings. The number of ether oxygens (including phenoxy) is 1. The largest absolute Gasteiger partial charge is 0.486 e. The van der Waals surface area contributed by atoms with E-state index in [1.54, 1.807) is 17.9 Å². The fraction of sp³-hybridized carbons (Fsp3) is 0.391. The standard InChI is InChI=1S/C23H21ClF3NO3/c1-13-11-18-19(14(2)20(13)24)17(29)12-22(31-18)7-9-28(10-8-22)21(30)15-3-5-16(6-4-15)23(25,26)27/h3-6,11H,7-10,12H2,1-2H3. The lowest BCUT2D eigenvalue weighted by Gasteiger charge is -2.44. The molecule has 0 atom stereocenters. The molecule has 1 amide bonds. The summed E-state index contributed by atoms with van der Waals surface area (Å²) in [6.45, 7) is 4.37. The number of alkyl halides is 3. The van der Waals surface area contributed by atoms with Crippen LogP contribution in [0.3, 0.4) is 0 Å². The monoisotopic (exact) mass is 451 g/mol. The normalized spacial score (nSPS) is 18.0. The molecule has 0 aliphatic carbocycles. The molecule has 4 rings (SSSR count). The minimum Gasteiger partial charge on any atom is -0.486 e. The first-order valence-electron chi connectivity index (χ1n) is 9.99. The van der Waals surface area contributed by atoms with Crippen LogP contribution in [0.4, 0.5) is 13.2 Å². The van der Waals surface area contributed by atoms with Gasteiger partial charge < -0.3 is 9.64 Å². The van der Waals surface area contributed by atoms with Crippen molar-refractivity contribution in [3.8, 4) is 5.75 Å². The van der Waals surface area contributed by atoms with E-state index >= 15 is 0 Å². The minimum atomic E-state index is -4.44. The Hall–Kier alpha value is -2.54. The van der Waals surface area contributed by atoms with Crippen molar-refractivity contribution in [3.05, 3.63) is 63.2 Å². The molecule has 31 heavy (non-hydrogen) atoms. The minimum absolute atomic E-state index is 0.0248. The van der Waals surface area contributed by atoms with Gasteiger partial charge in [0.1, 0.15) is 11.4 Å². The van der Waals surface area contributed by atoms with Gasteiger partial charge >= 0.3 is 6.18 Å². The number of amides is 1. The Balaban J connectivity index is 1.48. The summed E-state index contributed by atoms with van der Waals surface area (Å²) in [4.78, 5) is 27.2. The number of hydrogen-bond acceptors (Lipinski definition) is 3. The fourth-order valence-electron chi connectivity index (χ4n) is 4.38. The average Bonchev–Trinajstić information content (AvgIpc) is 2.71. The maximum Gasteiger partial charge on any atom is 0.416 e. The highest BCUT2D eigenvalue weighted by atomic mass is 35.5. The van der Waals surface area contributed by atoms with Gasteiger partial charge in [0, 0.05) is 36.5 Å². The zero-order valence-electron chi connectivity index (χ0n) is 17.1. The Morgan fingerprint density at radius 3 is 2.32 bits per heavy atom. The molecule has 0 radical (unpaired) electrons. The lowest BCUT2D eigenvalue weighted by atomic mass is 9.81. The van der Waals surface area contributed by atoms with Gasteiger partial charge in [0.15, 0.2) is 5.78 Å². The second kappa shape index (κ2) is 7.55. The molecule has 2 aliphatic heterocycles. The molecular formula is C23H21ClF3NO3. The second-order valence-electron chi connectivity index (χ2n) is 8.26. The van der Waals surface area contributed by atoms with Gasteiger partial charge in [0.25, 0.3) is 5.91 Å². The number of carbonyl (C=O) groups is 2. The van der Waals surface area contributed by atoms with Crippen molar-refractivity contribution >= 4 is 23.3 Å². The van der Waals surface area contributed by atoms with Crippen LogP contribution in [0.25, 0.3) is 0 Å². The molecule has 1 spiro atoms. The van der Waals surface area contributed by atoms with E-state index in [2.05, 4.69) is 0 Å². The molecule has 1 saturated heterocycles. The molecule has 2 aromatic carbocycles. The first-order chi connectivity index (χ1) is 14.5. The lowest BCUT2D eigenvalue weighted by Crippen LogP contribution is -2.52. The first kappa shape index (κ1) is 21.7. The third kappa shape index (κ3) is 3.91. The van der Waals surface area contributed by atoms with Crippen LogP contribution >= 0.6 is 11.6 Å². The Morgan fingerprint density at radius 1 is 1.13 bits per heavy atom. The molecule has 0 saturated carbocycles. The van der Waals surface area contributed by atoms with Gasteiger partial charge in [-0.1, -0.05) is 11.6 Å². The van der Waals surface area contributed by atoms with Crippen molar-refractivity contribution in [2.45, 2.75) is 44.9 Å². The van der Waals surface area contributed by atoms with Crippen LogP contribution in [0.1, 0.15) is 56.7 Å². The van der Waals surface area contributed by atoms with Gasteiger partial charge in [-0.2, -0.15) is 13.2 Å². The number of piperidine rings is 1. The van der Waals surface area contributed by atoms with Gasteiger partial charge in [-0.25, -0.2) is 0 Å². The zero-order chi connectivity index (χ0) is 22.6. The number of ketones is 1. The van der Waals surface area contributed by atoms with Gasteiger partial charge in [0.05, 0.1) is 17.5 Å². The smallest absolute Gasteiger partial charge is 0.416 e. The molecule has 0 aromatic heterocycles. The number of likely N-dealkylation sites (tertiary alicyclic amines) is 1. The van der Waals surface area contributed by atoms with Crippen LogP contribution in [-0.4, -0.2) is 35.3 Å². The van der Waals surface area contributed by atoms with Crippen LogP contribution in [0, 0.1) is 13.8 Å². The highest BCUT2D eigenvalue weighted by Crippen LogP contribution is 2.43. The van der Waals surface area contributed by atoms with Gasteiger partial charge in [-0.3, -0.25) is 9.59 Å². The number of hydrogen-bond donors (Lipinski definition) is 0. The quantitative estimate of drug-likeness (QED) is 0.565. The lowest BCUT2D eigenvalue weighted by molar-refractivity contribution is -0.137. The summed E-state index contributed by atoms with van der Waals surface area (Å²) < 4.78 is 44.5. The highest BCUT2D eigenvalue weighted by Gasteiger charge is 2.44. The number of fused-ring (bicyclic) bond motifs is 1. The number of halogens is 4. The summed E-state index contributed by atoms with van der Waals surface area (Å²) in [6.07, 6.45) is -3.31. The number of aryl methyl sites for hydroxylation is 1. The molecule has 8 heteroatoms. The number of Topliss-reactive ketones (excluding diaryl/α,β-unsaturated/α-hetero) is 1. The van der Waals surface area contributed by atoms with E-state index in [1.165, 1.54) is 12.1 Å². The van der Waals surface area contributed by atoms with Crippen molar-refractivity contribution in [2.75, 3.05) is 13.1 Å². The summed E-state index contributed by atoms with van der Waals surface area (Å²) >= 11 is 6.29. The zero-order valence-corrected chi connectivity index (χ0v) is 17.9. The van der Waals surface area contributed by atoms with E-state index < -0.39 is 17.3 Å². The van der Waals surface area contributed by atoms with Crippen molar-refractivity contribution in [3.63, 3.8) is 0 Å². The summed E-state index contributed by atoms with van der Waals surface area (Å²) in [5, 5.41) is 0.559. The van der Waals surface area contributed by atoms with Crippen LogP contribution in [0.5, 0.6) is 5.75 Å². The van der Waals surface area contributed by atoms with Crippen LogP contribution in [-0.2, 0) is 6.18 Å². The highest BCUT2D eigenvalue weighted by molar-refractivity contribution is 6.32. The number of nitrogens with zero attached hydrogens (tertiary/aromatic N) is 1. The molecule has 164 valence electrons. The van der Waals surface area contributed by atoms with E-state index in [1.807, 2.05) is 6.92 Å². The second-order valence-corrected chi connectivity index (χ2v) is 8.64. The topological polar surface area (TPSA) is 46.6 Å². The Kier molecular flexibility index (Phi) is 5.28. The van der Waals surface area contributed by atoms with Crippen LogP contribution in [0.15, 0.2) is 30.3 Å². The van der Waals surface area contributed by atoms with Crippen LogP contribution < -0.4 is 4.74 Å². The first-order valence-corrected chi connectivity index (χ1v) is 10.4. The number of benzene rings is 2. The Bertz CT molecular complexity index is 1060. The summed E-state index contributed by atoms with van der Waals surface area (Å²) in [5.74, 6) is 0.172. The van der Waals surface area contributed by atoms with Gasteiger partial charge in [-0.05, 0) is 55.3 Å². The molecule has 0 unspecified atom stereocenters. The third-order valence-corrected chi connectivity index (χ3v) is 6.74.